The maximum atomic E-state index is 14.1. The van der Waals surface area contributed by atoms with Gasteiger partial charge < -0.3 is 15.5 Å². The lowest BCUT2D eigenvalue weighted by atomic mass is 10.1. The number of carbonyl (C=O) groups is 2. The Morgan fingerprint density at radius 3 is 2.44 bits per heavy atom. The molecule has 0 atom stereocenters. The van der Waals surface area contributed by atoms with Crippen molar-refractivity contribution in [2.75, 3.05) is 24.3 Å². The van der Waals surface area contributed by atoms with E-state index in [1.807, 2.05) is 0 Å². The number of rotatable bonds is 5. The first-order chi connectivity index (χ1) is 12.0. The fourth-order valence-corrected chi connectivity index (χ4v) is 2.49. The van der Waals surface area contributed by atoms with Crippen LogP contribution >= 0.6 is 0 Å². The molecule has 1 aliphatic carbocycles. The molecule has 5 nitrogen and oxygen atoms in total. The highest BCUT2D eigenvalue weighted by atomic mass is 19.1. The molecule has 0 spiro atoms. The van der Waals surface area contributed by atoms with Crippen molar-refractivity contribution in [2.24, 2.45) is 0 Å². The van der Waals surface area contributed by atoms with Crippen LogP contribution in [0.2, 0.25) is 0 Å². The van der Waals surface area contributed by atoms with Gasteiger partial charge in [0.1, 0.15) is 5.82 Å². The van der Waals surface area contributed by atoms with E-state index in [0.29, 0.717) is 16.9 Å². The zero-order chi connectivity index (χ0) is 18.0. The number of carbonyl (C=O) groups excluding carboxylic acids is 2. The van der Waals surface area contributed by atoms with Crippen LogP contribution in [0, 0.1) is 5.82 Å². The average Bonchev–Trinajstić information content (AvgIpc) is 3.38. The largest absolute Gasteiger partial charge is 0.375 e. The van der Waals surface area contributed by atoms with E-state index in [1.54, 1.807) is 55.4 Å². The van der Waals surface area contributed by atoms with Gasteiger partial charge in [0.2, 0.25) is 0 Å². The number of benzene rings is 2. The predicted octanol–water partition coefficient (Wildman–Crippen LogP) is 3.04. The second-order valence-electron chi connectivity index (χ2n) is 6.31. The van der Waals surface area contributed by atoms with Gasteiger partial charge in [-0.15, -0.1) is 0 Å². The van der Waals surface area contributed by atoms with Gasteiger partial charge in [0.05, 0.1) is 16.9 Å². The number of hydrogen-bond acceptors (Lipinski definition) is 3. The molecule has 0 radical (unpaired) electrons. The Hall–Kier alpha value is -2.89. The lowest BCUT2D eigenvalue weighted by molar-refractivity contribution is 0.0952. The summed E-state index contributed by atoms with van der Waals surface area (Å²) in [4.78, 5) is 26.3. The van der Waals surface area contributed by atoms with Crippen molar-refractivity contribution >= 4 is 23.2 Å². The van der Waals surface area contributed by atoms with Gasteiger partial charge in [0.25, 0.3) is 11.8 Å². The minimum absolute atomic E-state index is 0.195. The molecule has 0 heterocycles. The average molecular weight is 341 g/mol. The lowest BCUT2D eigenvalue weighted by Gasteiger charge is -2.15. The molecule has 0 aliphatic heterocycles. The number of para-hydroxylation sites is 1. The Kier molecular flexibility index (Phi) is 4.70. The van der Waals surface area contributed by atoms with E-state index < -0.39 is 11.7 Å². The third-order valence-electron chi connectivity index (χ3n) is 4.02. The van der Waals surface area contributed by atoms with Gasteiger partial charge in [-0.3, -0.25) is 9.59 Å². The molecule has 6 heteroatoms. The molecule has 3 rings (SSSR count). The van der Waals surface area contributed by atoms with E-state index in [1.165, 1.54) is 6.07 Å². The standard InChI is InChI=1S/C19H20FN3O2/c1-23(2)17-10-7-12(11-15(17)20)18(24)22-16-6-4-3-5-14(16)19(25)21-13-8-9-13/h3-7,10-11,13H,8-9H2,1-2H3,(H,21,25)(H,22,24). The lowest BCUT2D eigenvalue weighted by Crippen LogP contribution is -2.27. The molecule has 1 aliphatic rings. The van der Waals surface area contributed by atoms with Gasteiger partial charge in [0.15, 0.2) is 0 Å². The maximum Gasteiger partial charge on any atom is 0.255 e. The van der Waals surface area contributed by atoms with Crippen molar-refractivity contribution < 1.29 is 14.0 Å². The normalized spacial score (nSPS) is 13.2. The van der Waals surface area contributed by atoms with E-state index in [4.69, 9.17) is 0 Å². The zero-order valence-corrected chi connectivity index (χ0v) is 14.2. The zero-order valence-electron chi connectivity index (χ0n) is 14.2. The Labute approximate surface area is 145 Å². The van der Waals surface area contributed by atoms with E-state index in [2.05, 4.69) is 10.6 Å². The van der Waals surface area contributed by atoms with Crippen molar-refractivity contribution in [2.45, 2.75) is 18.9 Å². The fourth-order valence-electron chi connectivity index (χ4n) is 2.49. The monoisotopic (exact) mass is 341 g/mol. The van der Waals surface area contributed by atoms with E-state index in [9.17, 15) is 14.0 Å². The van der Waals surface area contributed by atoms with Gasteiger partial charge in [-0.05, 0) is 43.2 Å². The molecule has 130 valence electrons. The summed E-state index contributed by atoms with van der Waals surface area (Å²) in [6.45, 7) is 0. The van der Waals surface area contributed by atoms with Crippen LogP contribution in [0.5, 0.6) is 0 Å². The highest BCUT2D eigenvalue weighted by molar-refractivity contribution is 6.09. The van der Waals surface area contributed by atoms with Gasteiger partial charge in [-0.25, -0.2) is 4.39 Å². The topological polar surface area (TPSA) is 61.4 Å². The molecule has 0 unspecified atom stereocenters. The van der Waals surface area contributed by atoms with Crippen LogP contribution in [0.15, 0.2) is 42.5 Å². The first kappa shape index (κ1) is 17.0. The highest BCUT2D eigenvalue weighted by Gasteiger charge is 2.25. The summed E-state index contributed by atoms with van der Waals surface area (Å²) in [5.41, 5.74) is 1.40. The molecular weight excluding hydrogens is 321 g/mol. The van der Waals surface area contributed by atoms with E-state index >= 15 is 0 Å². The summed E-state index contributed by atoms with van der Waals surface area (Å²) in [5, 5.41) is 5.59. The summed E-state index contributed by atoms with van der Waals surface area (Å²) in [7, 11) is 3.46. The fraction of sp³-hybridized carbons (Fsp3) is 0.263. The van der Waals surface area contributed by atoms with Crippen LogP contribution in [0.25, 0.3) is 0 Å². The minimum Gasteiger partial charge on any atom is -0.375 e. The molecule has 2 N–H and O–H groups in total. The van der Waals surface area contributed by atoms with Crippen LogP contribution in [-0.4, -0.2) is 32.0 Å². The summed E-state index contributed by atoms with van der Waals surface area (Å²) >= 11 is 0. The molecule has 25 heavy (non-hydrogen) atoms. The number of halogens is 1. The van der Waals surface area contributed by atoms with Crippen molar-refractivity contribution in [1.82, 2.24) is 5.32 Å². The SMILES string of the molecule is CN(C)c1ccc(C(=O)Nc2ccccc2C(=O)NC2CC2)cc1F. The number of nitrogens with zero attached hydrogens (tertiary/aromatic N) is 1. The predicted molar refractivity (Wildman–Crippen MR) is 95.6 cm³/mol. The highest BCUT2D eigenvalue weighted by Crippen LogP contribution is 2.23. The van der Waals surface area contributed by atoms with Crippen molar-refractivity contribution in [3.05, 3.63) is 59.4 Å². The molecule has 1 fully saturated rings. The summed E-state index contributed by atoms with van der Waals surface area (Å²) in [6.07, 6.45) is 1.97. The molecule has 2 amide bonds. The number of anilines is 2. The van der Waals surface area contributed by atoms with Crippen molar-refractivity contribution in [3.63, 3.8) is 0 Å². The smallest absolute Gasteiger partial charge is 0.255 e. The summed E-state index contributed by atoms with van der Waals surface area (Å²) in [6, 6.07) is 11.3. The molecule has 0 aromatic heterocycles. The molecule has 1 saturated carbocycles. The number of nitrogens with one attached hydrogen (secondary N) is 2. The van der Waals surface area contributed by atoms with Crippen molar-refractivity contribution in [1.29, 1.82) is 0 Å². The Balaban J connectivity index is 1.79. The first-order valence-corrected chi connectivity index (χ1v) is 8.14. The van der Waals surface area contributed by atoms with Gasteiger partial charge in [-0.1, -0.05) is 12.1 Å². The first-order valence-electron chi connectivity index (χ1n) is 8.14. The van der Waals surface area contributed by atoms with Crippen molar-refractivity contribution in [3.8, 4) is 0 Å². The quantitative estimate of drug-likeness (QED) is 0.879. The van der Waals surface area contributed by atoms with E-state index in [-0.39, 0.29) is 17.5 Å². The van der Waals surface area contributed by atoms with Gasteiger partial charge in [0, 0.05) is 25.7 Å². The Morgan fingerprint density at radius 2 is 1.80 bits per heavy atom. The summed E-state index contributed by atoms with van der Waals surface area (Å²) in [5.74, 6) is -1.15. The number of amides is 2. The Bertz CT molecular complexity index is 816. The van der Waals surface area contributed by atoms with Crippen LogP contribution in [0.1, 0.15) is 33.6 Å². The molecule has 0 bridgehead atoms. The second kappa shape index (κ2) is 6.93. The molecular formula is C19H20FN3O2. The minimum atomic E-state index is -0.475. The third-order valence-corrected chi connectivity index (χ3v) is 4.02. The molecule has 0 saturated heterocycles. The van der Waals surface area contributed by atoms with Gasteiger partial charge >= 0.3 is 0 Å². The third kappa shape index (κ3) is 3.96. The molecule has 2 aromatic rings. The second-order valence-corrected chi connectivity index (χ2v) is 6.31. The van der Waals surface area contributed by atoms with Crippen LogP contribution in [-0.2, 0) is 0 Å². The van der Waals surface area contributed by atoms with Gasteiger partial charge in [-0.2, -0.15) is 0 Å². The number of hydrogen-bond donors (Lipinski definition) is 2. The van der Waals surface area contributed by atoms with Crippen LogP contribution in [0.3, 0.4) is 0 Å². The van der Waals surface area contributed by atoms with Crippen LogP contribution < -0.4 is 15.5 Å². The van der Waals surface area contributed by atoms with E-state index in [0.717, 1.165) is 12.8 Å². The summed E-state index contributed by atoms with van der Waals surface area (Å²) < 4.78 is 14.1. The Morgan fingerprint density at radius 1 is 1.08 bits per heavy atom. The van der Waals surface area contributed by atoms with Crippen LogP contribution in [0.4, 0.5) is 15.8 Å². The molecule has 2 aromatic carbocycles. The maximum absolute atomic E-state index is 14.1.